The van der Waals surface area contributed by atoms with Gasteiger partial charge in [0.2, 0.25) is 0 Å². The molecule has 1 rings (SSSR count). The maximum Gasteiger partial charge on any atom is 0.418 e. The van der Waals surface area contributed by atoms with Crippen molar-refractivity contribution in [2.75, 3.05) is 25.1 Å². The Morgan fingerprint density at radius 2 is 1.80 bits per heavy atom. The second-order valence-corrected chi connectivity index (χ2v) is 4.29. The first-order valence-corrected chi connectivity index (χ1v) is 6.60. The molecule has 0 fully saturated rings. The minimum absolute atomic E-state index is 0.00609. The van der Waals surface area contributed by atoms with E-state index in [2.05, 4.69) is 5.32 Å². The van der Waals surface area contributed by atoms with Gasteiger partial charge in [0, 0.05) is 13.2 Å². The molecule has 0 radical (unpaired) electrons. The van der Waals surface area contributed by atoms with Crippen LogP contribution in [0.15, 0.2) is 18.2 Å². The van der Waals surface area contributed by atoms with Gasteiger partial charge in [0.15, 0.2) is 6.29 Å². The zero-order chi connectivity index (χ0) is 15.2. The van der Waals surface area contributed by atoms with E-state index in [1.165, 1.54) is 12.1 Å². The summed E-state index contributed by atoms with van der Waals surface area (Å²) in [5.74, 6) is 0. The van der Waals surface area contributed by atoms with Crippen LogP contribution in [0.2, 0.25) is 5.02 Å². The van der Waals surface area contributed by atoms with Crippen molar-refractivity contribution in [3.63, 3.8) is 0 Å². The van der Waals surface area contributed by atoms with Crippen molar-refractivity contribution in [2.24, 2.45) is 0 Å². The highest BCUT2D eigenvalue weighted by molar-refractivity contribution is 6.33. The van der Waals surface area contributed by atoms with Crippen molar-refractivity contribution in [3.05, 3.63) is 28.8 Å². The smallest absolute Gasteiger partial charge is 0.378 e. The van der Waals surface area contributed by atoms with Crippen LogP contribution < -0.4 is 5.32 Å². The summed E-state index contributed by atoms with van der Waals surface area (Å²) in [6.45, 7) is 4.45. The molecule has 1 aromatic rings. The van der Waals surface area contributed by atoms with Gasteiger partial charge in [-0.2, -0.15) is 13.2 Å². The number of hydrogen-bond donors (Lipinski definition) is 1. The van der Waals surface area contributed by atoms with E-state index >= 15 is 0 Å². The average molecular weight is 312 g/mol. The molecule has 0 aliphatic heterocycles. The Kier molecular flexibility index (Phi) is 6.58. The molecule has 0 aliphatic carbocycles. The van der Waals surface area contributed by atoms with Gasteiger partial charge in [-0.3, -0.25) is 0 Å². The van der Waals surface area contributed by atoms with Crippen molar-refractivity contribution in [3.8, 4) is 0 Å². The Labute approximate surface area is 121 Å². The molecule has 20 heavy (non-hydrogen) atoms. The molecule has 1 aromatic carbocycles. The molecule has 114 valence electrons. The number of ether oxygens (including phenoxy) is 2. The highest BCUT2D eigenvalue weighted by Crippen LogP contribution is 2.38. The van der Waals surface area contributed by atoms with Crippen LogP contribution in [-0.4, -0.2) is 26.0 Å². The molecule has 1 N–H and O–H groups in total. The quantitative estimate of drug-likeness (QED) is 0.767. The summed E-state index contributed by atoms with van der Waals surface area (Å²) in [6, 6.07) is 3.64. The van der Waals surface area contributed by atoms with Crippen molar-refractivity contribution in [2.45, 2.75) is 26.3 Å². The molecular formula is C13H17ClF3NO2. The monoisotopic (exact) mass is 311 g/mol. The molecule has 0 aromatic heterocycles. The van der Waals surface area contributed by atoms with Crippen LogP contribution in [0.4, 0.5) is 18.9 Å². The number of rotatable bonds is 7. The van der Waals surface area contributed by atoms with Crippen LogP contribution in [0, 0.1) is 0 Å². The van der Waals surface area contributed by atoms with Crippen LogP contribution in [-0.2, 0) is 15.7 Å². The second kappa shape index (κ2) is 7.71. The van der Waals surface area contributed by atoms with E-state index in [9.17, 15) is 13.2 Å². The standard InChI is InChI=1S/C13H17ClF3NO2/c1-3-19-11(20-4-2)8-18-12-9(13(15,16)17)6-5-7-10(12)14/h5-7,11,18H,3-4,8H2,1-2H3. The minimum Gasteiger partial charge on any atom is -0.378 e. The van der Waals surface area contributed by atoms with Gasteiger partial charge < -0.3 is 14.8 Å². The Bertz CT molecular complexity index is 421. The topological polar surface area (TPSA) is 30.5 Å². The number of alkyl halides is 3. The first-order valence-electron chi connectivity index (χ1n) is 6.22. The maximum absolute atomic E-state index is 12.9. The predicted octanol–water partition coefficient (Wildman–Crippen LogP) is 4.17. The summed E-state index contributed by atoms with van der Waals surface area (Å²) >= 11 is 5.83. The third kappa shape index (κ3) is 4.85. The molecule has 3 nitrogen and oxygen atoms in total. The lowest BCUT2D eigenvalue weighted by molar-refractivity contribution is -0.137. The molecule has 0 saturated carbocycles. The molecule has 0 heterocycles. The second-order valence-electron chi connectivity index (χ2n) is 3.88. The molecule has 0 aliphatic rings. The average Bonchev–Trinajstić information content (AvgIpc) is 2.36. The fourth-order valence-corrected chi connectivity index (χ4v) is 1.90. The zero-order valence-electron chi connectivity index (χ0n) is 11.3. The molecule has 0 spiro atoms. The fraction of sp³-hybridized carbons (Fsp3) is 0.538. The van der Waals surface area contributed by atoms with Crippen molar-refractivity contribution < 1.29 is 22.6 Å². The molecule has 0 atom stereocenters. The number of nitrogens with one attached hydrogen (secondary N) is 1. The predicted molar refractivity (Wildman–Crippen MR) is 72.0 cm³/mol. The normalized spacial score (nSPS) is 11.9. The van der Waals surface area contributed by atoms with Crippen LogP contribution in [0.1, 0.15) is 19.4 Å². The first-order chi connectivity index (χ1) is 9.40. The summed E-state index contributed by atoms with van der Waals surface area (Å²) in [5.41, 5.74) is -0.970. The number of hydrogen-bond acceptors (Lipinski definition) is 3. The first kappa shape index (κ1) is 17.1. The van der Waals surface area contributed by atoms with Crippen LogP contribution in [0.5, 0.6) is 0 Å². The third-order valence-corrected chi connectivity index (χ3v) is 2.78. The Morgan fingerprint density at radius 3 is 2.30 bits per heavy atom. The number of halogens is 4. The van der Waals surface area contributed by atoms with Gasteiger partial charge in [-0.05, 0) is 26.0 Å². The van der Waals surface area contributed by atoms with Crippen LogP contribution in [0.3, 0.4) is 0 Å². The Balaban J connectivity index is 2.86. The SMILES string of the molecule is CCOC(CNc1c(Cl)cccc1C(F)(F)F)OCC. The minimum atomic E-state index is -4.47. The summed E-state index contributed by atoms with van der Waals surface area (Å²) in [7, 11) is 0. The van der Waals surface area contributed by atoms with E-state index in [0.29, 0.717) is 13.2 Å². The molecule has 0 bridgehead atoms. The lowest BCUT2D eigenvalue weighted by atomic mass is 10.1. The van der Waals surface area contributed by atoms with Crippen molar-refractivity contribution >= 4 is 17.3 Å². The fourth-order valence-electron chi connectivity index (χ4n) is 1.66. The van der Waals surface area contributed by atoms with E-state index in [1.807, 2.05) is 0 Å². The number of benzene rings is 1. The lowest BCUT2D eigenvalue weighted by Gasteiger charge is -2.20. The highest BCUT2D eigenvalue weighted by Gasteiger charge is 2.34. The van der Waals surface area contributed by atoms with E-state index in [1.54, 1.807) is 13.8 Å². The molecule has 0 amide bonds. The van der Waals surface area contributed by atoms with Gasteiger partial charge in [0.05, 0.1) is 22.8 Å². The maximum atomic E-state index is 12.9. The van der Waals surface area contributed by atoms with Gasteiger partial charge in [-0.25, -0.2) is 0 Å². The van der Waals surface area contributed by atoms with Gasteiger partial charge in [-0.1, -0.05) is 17.7 Å². The van der Waals surface area contributed by atoms with Crippen LogP contribution in [0.25, 0.3) is 0 Å². The summed E-state index contributed by atoms with van der Waals surface area (Å²) in [5, 5.41) is 2.66. The Morgan fingerprint density at radius 1 is 1.20 bits per heavy atom. The van der Waals surface area contributed by atoms with E-state index < -0.39 is 18.0 Å². The van der Waals surface area contributed by atoms with Gasteiger partial charge in [-0.15, -0.1) is 0 Å². The third-order valence-electron chi connectivity index (χ3n) is 2.47. The zero-order valence-corrected chi connectivity index (χ0v) is 12.0. The molecule has 0 saturated heterocycles. The van der Waals surface area contributed by atoms with Gasteiger partial charge >= 0.3 is 6.18 Å². The lowest BCUT2D eigenvalue weighted by Crippen LogP contribution is -2.27. The molecular weight excluding hydrogens is 295 g/mol. The molecule has 7 heteroatoms. The summed E-state index contributed by atoms with van der Waals surface area (Å²) in [4.78, 5) is 0. The highest BCUT2D eigenvalue weighted by atomic mass is 35.5. The molecule has 0 unspecified atom stereocenters. The Hall–Kier alpha value is -0.980. The number of para-hydroxylation sites is 1. The number of anilines is 1. The van der Waals surface area contributed by atoms with Gasteiger partial charge in [0.25, 0.3) is 0 Å². The van der Waals surface area contributed by atoms with Crippen LogP contribution >= 0.6 is 11.6 Å². The summed E-state index contributed by atoms with van der Waals surface area (Å²) < 4.78 is 49.2. The van der Waals surface area contributed by atoms with Crippen molar-refractivity contribution in [1.82, 2.24) is 0 Å². The van der Waals surface area contributed by atoms with E-state index in [4.69, 9.17) is 21.1 Å². The van der Waals surface area contributed by atoms with Crippen molar-refractivity contribution in [1.29, 1.82) is 0 Å². The largest absolute Gasteiger partial charge is 0.418 e. The van der Waals surface area contributed by atoms with Gasteiger partial charge in [0.1, 0.15) is 0 Å². The van der Waals surface area contributed by atoms with E-state index in [0.717, 1.165) is 6.07 Å². The summed E-state index contributed by atoms with van der Waals surface area (Å²) in [6.07, 6.45) is -5.10. The van der Waals surface area contributed by atoms with E-state index in [-0.39, 0.29) is 17.3 Å².